The molecule has 6 heteroatoms. The summed E-state index contributed by atoms with van der Waals surface area (Å²) in [5.74, 6) is 2.19. The SMILES string of the molecule is Cc1nc(N)sc1C(=O)NC1CCCSC1. The second-order valence-corrected chi connectivity index (χ2v) is 6.03. The van der Waals surface area contributed by atoms with E-state index in [1.54, 1.807) is 0 Å². The first-order chi connectivity index (χ1) is 7.66. The van der Waals surface area contributed by atoms with Gasteiger partial charge in [0.1, 0.15) is 4.88 Å². The third-order valence-electron chi connectivity index (χ3n) is 2.51. The first-order valence-electron chi connectivity index (χ1n) is 5.28. The van der Waals surface area contributed by atoms with Gasteiger partial charge in [-0.2, -0.15) is 11.8 Å². The number of aromatic nitrogens is 1. The number of carbonyl (C=O) groups excluding carboxylic acids is 1. The van der Waals surface area contributed by atoms with Gasteiger partial charge in [-0.05, 0) is 25.5 Å². The maximum absolute atomic E-state index is 11.9. The van der Waals surface area contributed by atoms with Crippen molar-refractivity contribution in [3.63, 3.8) is 0 Å². The number of nitrogen functional groups attached to an aromatic ring is 1. The molecule has 1 fully saturated rings. The lowest BCUT2D eigenvalue weighted by molar-refractivity contribution is 0.0942. The number of hydrogen-bond acceptors (Lipinski definition) is 5. The second kappa shape index (κ2) is 5.05. The Morgan fingerprint density at radius 3 is 3.00 bits per heavy atom. The maximum atomic E-state index is 11.9. The van der Waals surface area contributed by atoms with Gasteiger partial charge in [-0.25, -0.2) is 4.98 Å². The van der Waals surface area contributed by atoms with Crippen LogP contribution in [0.3, 0.4) is 0 Å². The van der Waals surface area contributed by atoms with Crippen molar-refractivity contribution in [3.05, 3.63) is 10.6 Å². The van der Waals surface area contributed by atoms with Crippen LogP contribution < -0.4 is 11.1 Å². The topological polar surface area (TPSA) is 68.0 Å². The summed E-state index contributed by atoms with van der Waals surface area (Å²) in [4.78, 5) is 16.6. The Bertz CT molecular complexity index is 385. The Balaban J connectivity index is 1.99. The predicted octanol–water partition coefficient (Wildman–Crippen LogP) is 1.66. The largest absolute Gasteiger partial charge is 0.375 e. The molecule has 0 aliphatic carbocycles. The van der Waals surface area contributed by atoms with E-state index in [0.717, 1.165) is 17.9 Å². The highest BCUT2D eigenvalue weighted by Crippen LogP contribution is 2.21. The molecule has 1 atom stereocenters. The van der Waals surface area contributed by atoms with Crippen LogP contribution in [0.1, 0.15) is 28.2 Å². The summed E-state index contributed by atoms with van der Waals surface area (Å²) in [5, 5.41) is 3.50. The van der Waals surface area contributed by atoms with E-state index < -0.39 is 0 Å². The van der Waals surface area contributed by atoms with Crippen molar-refractivity contribution in [3.8, 4) is 0 Å². The van der Waals surface area contributed by atoms with E-state index in [9.17, 15) is 4.79 Å². The molecule has 1 aliphatic heterocycles. The van der Waals surface area contributed by atoms with Gasteiger partial charge in [-0.1, -0.05) is 11.3 Å². The van der Waals surface area contributed by atoms with Crippen molar-refractivity contribution in [2.45, 2.75) is 25.8 Å². The Kier molecular flexibility index (Phi) is 3.70. The van der Waals surface area contributed by atoms with Gasteiger partial charge >= 0.3 is 0 Å². The monoisotopic (exact) mass is 257 g/mol. The molecule has 2 heterocycles. The molecule has 1 amide bonds. The van der Waals surface area contributed by atoms with Crippen molar-refractivity contribution in [1.82, 2.24) is 10.3 Å². The summed E-state index contributed by atoms with van der Waals surface area (Å²) in [6.45, 7) is 1.82. The van der Waals surface area contributed by atoms with Crippen LogP contribution in [-0.4, -0.2) is 28.4 Å². The molecule has 88 valence electrons. The third-order valence-corrected chi connectivity index (χ3v) is 4.72. The van der Waals surface area contributed by atoms with Crippen LogP contribution in [0.2, 0.25) is 0 Å². The molecule has 1 unspecified atom stereocenters. The Hall–Kier alpha value is -0.750. The number of anilines is 1. The quantitative estimate of drug-likeness (QED) is 0.845. The summed E-state index contributed by atoms with van der Waals surface area (Å²) in [7, 11) is 0. The minimum absolute atomic E-state index is 0.0285. The average molecular weight is 257 g/mol. The molecule has 16 heavy (non-hydrogen) atoms. The minimum atomic E-state index is -0.0285. The van der Waals surface area contributed by atoms with Gasteiger partial charge in [0, 0.05) is 11.8 Å². The molecule has 1 aliphatic rings. The van der Waals surface area contributed by atoms with E-state index in [0.29, 0.717) is 16.1 Å². The summed E-state index contributed by atoms with van der Waals surface area (Å²) in [6, 6.07) is 0.300. The van der Waals surface area contributed by atoms with E-state index in [1.807, 2.05) is 18.7 Å². The summed E-state index contributed by atoms with van der Waals surface area (Å²) < 4.78 is 0. The molecular weight excluding hydrogens is 242 g/mol. The molecule has 0 radical (unpaired) electrons. The maximum Gasteiger partial charge on any atom is 0.263 e. The number of thioether (sulfide) groups is 1. The molecular formula is C10H15N3OS2. The Morgan fingerprint density at radius 2 is 2.44 bits per heavy atom. The number of nitrogens with one attached hydrogen (secondary N) is 1. The van der Waals surface area contributed by atoms with Crippen molar-refractivity contribution < 1.29 is 4.79 Å². The highest BCUT2D eigenvalue weighted by atomic mass is 32.2. The van der Waals surface area contributed by atoms with E-state index >= 15 is 0 Å². The zero-order valence-corrected chi connectivity index (χ0v) is 10.8. The van der Waals surface area contributed by atoms with Crippen molar-refractivity contribution in [2.24, 2.45) is 0 Å². The van der Waals surface area contributed by atoms with Crippen LogP contribution in [0.25, 0.3) is 0 Å². The van der Waals surface area contributed by atoms with Gasteiger partial charge < -0.3 is 11.1 Å². The third kappa shape index (κ3) is 2.68. The van der Waals surface area contributed by atoms with Crippen LogP contribution in [0.15, 0.2) is 0 Å². The highest BCUT2D eigenvalue weighted by Gasteiger charge is 2.20. The van der Waals surface area contributed by atoms with Crippen molar-refractivity contribution >= 4 is 34.1 Å². The summed E-state index contributed by atoms with van der Waals surface area (Å²) >= 11 is 3.16. The lowest BCUT2D eigenvalue weighted by Crippen LogP contribution is -2.38. The van der Waals surface area contributed by atoms with Crippen LogP contribution in [0.4, 0.5) is 5.13 Å². The van der Waals surface area contributed by atoms with E-state index in [4.69, 9.17) is 5.73 Å². The van der Waals surface area contributed by atoms with E-state index in [1.165, 1.54) is 23.5 Å². The number of carbonyl (C=O) groups is 1. The normalized spacial score (nSPS) is 20.7. The van der Waals surface area contributed by atoms with Gasteiger partial charge in [0.2, 0.25) is 0 Å². The van der Waals surface area contributed by atoms with Gasteiger partial charge in [-0.15, -0.1) is 0 Å². The Morgan fingerprint density at radius 1 is 1.62 bits per heavy atom. The fraction of sp³-hybridized carbons (Fsp3) is 0.600. The average Bonchev–Trinajstić information content (AvgIpc) is 2.59. The molecule has 0 spiro atoms. The number of nitrogens with zero attached hydrogens (tertiary/aromatic N) is 1. The Labute approximate surface area is 103 Å². The molecule has 1 aromatic rings. The number of hydrogen-bond donors (Lipinski definition) is 2. The molecule has 1 saturated heterocycles. The summed E-state index contributed by atoms with van der Waals surface area (Å²) in [6.07, 6.45) is 2.26. The van der Waals surface area contributed by atoms with Gasteiger partial charge in [-0.3, -0.25) is 4.79 Å². The number of nitrogens with two attached hydrogens (primary N) is 1. The minimum Gasteiger partial charge on any atom is -0.375 e. The van der Waals surface area contributed by atoms with Crippen LogP contribution in [0.5, 0.6) is 0 Å². The lowest BCUT2D eigenvalue weighted by Gasteiger charge is -2.22. The first-order valence-corrected chi connectivity index (χ1v) is 7.25. The molecule has 4 nitrogen and oxygen atoms in total. The fourth-order valence-corrected chi connectivity index (χ4v) is 3.54. The zero-order valence-electron chi connectivity index (χ0n) is 9.16. The van der Waals surface area contributed by atoms with E-state index in [-0.39, 0.29) is 5.91 Å². The van der Waals surface area contributed by atoms with Crippen LogP contribution in [-0.2, 0) is 0 Å². The standard InChI is InChI=1S/C10H15N3OS2/c1-6-8(16-10(11)12-6)9(14)13-7-3-2-4-15-5-7/h7H,2-5H2,1H3,(H2,11,12)(H,13,14). The molecule has 1 aromatic heterocycles. The van der Waals surface area contributed by atoms with Crippen LogP contribution >= 0.6 is 23.1 Å². The van der Waals surface area contributed by atoms with Crippen molar-refractivity contribution in [1.29, 1.82) is 0 Å². The summed E-state index contributed by atoms with van der Waals surface area (Å²) in [5.41, 5.74) is 6.30. The molecule has 0 aromatic carbocycles. The fourth-order valence-electron chi connectivity index (χ4n) is 1.73. The van der Waals surface area contributed by atoms with Crippen molar-refractivity contribution in [2.75, 3.05) is 17.2 Å². The number of thiazole rings is 1. The first kappa shape index (κ1) is 11.7. The molecule has 0 bridgehead atoms. The highest BCUT2D eigenvalue weighted by molar-refractivity contribution is 7.99. The van der Waals surface area contributed by atoms with Gasteiger partial charge in [0.15, 0.2) is 5.13 Å². The van der Waals surface area contributed by atoms with Gasteiger partial charge in [0.05, 0.1) is 5.69 Å². The second-order valence-electron chi connectivity index (χ2n) is 3.85. The van der Waals surface area contributed by atoms with Crippen LogP contribution in [0, 0.1) is 6.92 Å². The number of aryl methyl sites for hydroxylation is 1. The number of rotatable bonds is 2. The predicted molar refractivity (Wildman–Crippen MR) is 69.1 cm³/mol. The molecule has 3 N–H and O–H groups in total. The smallest absolute Gasteiger partial charge is 0.263 e. The molecule has 2 rings (SSSR count). The lowest BCUT2D eigenvalue weighted by atomic mass is 10.2. The zero-order chi connectivity index (χ0) is 11.5. The number of amides is 1. The van der Waals surface area contributed by atoms with Gasteiger partial charge in [0.25, 0.3) is 5.91 Å². The molecule has 0 saturated carbocycles. The van der Waals surface area contributed by atoms with E-state index in [2.05, 4.69) is 10.3 Å².